The van der Waals surface area contributed by atoms with Crippen molar-refractivity contribution in [3.8, 4) is 0 Å². The maximum absolute atomic E-state index is 12.0. The van der Waals surface area contributed by atoms with Gasteiger partial charge in [-0.1, -0.05) is 24.3 Å². The lowest BCUT2D eigenvalue weighted by atomic mass is 9.75. The van der Waals surface area contributed by atoms with E-state index in [1.165, 1.54) is 0 Å². The number of aliphatic hydroxyl groups is 1. The van der Waals surface area contributed by atoms with Gasteiger partial charge in [0.2, 0.25) is 0 Å². The minimum absolute atomic E-state index is 0.332. The van der Waals surface area contributed by atoms with Crippen molar-refractivity contribution in [2.45, 2.75) is 24.5 Å². The summed E-state index contributed by atoms with van der Waals surface area (Å²) in [7, 11) is 0. The van der Waals surface area contributed by atoms with Gasteiger partial charge in [0.15, 0.2) is 0 Å². The van der Waals surface area contributed by atoms with Gasteiger partial charge < -0.3 is 10.4 Å². The van der Waals surface area contributed by atoms with Crippen LogP contribution in [-0.2, 0) is 10.3 Å². The van der Waals surface area contributed by atoms with E-state index in [4.69, 9.17) is 0 Å². The van der Waals surface area contributed by atoms with Gasteiger partial charge in [-0.2, -0.15) is 0 Å². The predicted molar refractivity (Wildman–Crippen MR) is 59.0 cm³/mol. The third-order valence-corrected chi connectivity index (χ3v) is 3.51. The maximum atomic E-state index is 12.0. The smallest absolute Gasteiger partial charge is 0.322 e. The zero-order valence-corrected chi connectivity index (χ0v) is 9.06. The Bertz CT molecular complexity index is 514. The number of carbonyl (C=O) groups excluding carboxylic acids is 2. The van der Waals surface area contributed by atoms with E-state index in [1.54, 1.807) is 18.2 Å². The third-order valence-electron chi connectivity index (χ3n) is 3.51. The van der Waals surface area contributed by atoms with E-state index in [0.29, 0.717) is 18.4 Å². The summed E-state index contributed by atoms with van der Waals surface area (Å²) in [6.45, 7) is 0. The topological polar surface area (TPSA) is 78.4 Å². The molecule has 3 rings (SSSR count). The summed E-state index contributed by atoms with van der Waals surface area (Å²) < 4.78 is 0. The van der Waals surface area contributed by atoms with E-state index in [9.17, 15) is 14.7 Å². The highest BCUT2D eigenvalue weighted by Crippen LogP contribution is 2.41. The number of carbonyl (C=O) groups is 2. The minimum atomic E-state index is -0.993. The third kappa shape index (κ3) is 1.29. The molecule has 1 saturated heterocycles. The first-order chi connectivity index (χ1) is 8.13. The molecule has 1 aliphatic carbocycles. The zero-order valence-electron chi connectivity index (χ0n) is 9.06. The van der Waals surface area contributed by atoms with E-state index < -0.39 is 17.7 Å². The molecule has 5 heteroatoms. The van der Waals surface area contributed by atoms with Crippen LogP contribution in [0.5, 0.6) is 0 Å². The van der Waals surface area contributed by atoms with Crippen molar-refractivity contribution >= 4 is 11.9 Å². The number of aliphatic hydroxyl groups excluding tert-OH is 1. The van der Waals surface area contributed by atoms with Crippen LogP contribution in [-0.4, -0.2) is 17.0 Å². The van der Waals surface area contributed by atoms with Crippen LogP contribution in [0.4, 0.5) is 4.79 Å². The maximum Gasteiger partial charge on any atom is 0.322 e. The average Bonchev–Trinajstić information content (AvgIpc) is 2.61. The normalized spacial score (nSPS) is 31.0. The molecule has 1 aromatic carbocycles. The summed E-state index contributed by atoms with van der Waals surface area (Å²) in [6, 6.07) is 6.72. The highest BCUT2D eigenvalue weighted by Gasteiger charge is 2.51. The number of hydrogen-bond donors (Lipinski definition) is 3. The van der Waals surface area contributed by atoms with Gasteiger partial charge in [-0.25, -0.2) is 4.79 Å². The summed E-state index contributed by atoms with van der Waals surface area (Å²) in [5, 5.41) is 14.9. The van der Waals surface area contributed by atoms with Gasteiger partial charge in [0.05, 0.1) is 6.10 Å². The first kappa shape index (κ1) is 10.3. The van der Waals surface area contributed by atoms with Crippen LogP contribution in [0, 0.1) is 0 Å². The molecule has 3 amide bonds. The van der Waals surface area contributed by atoms with Crippen LogP contribution in [0.3, 0.4) is 0 Å². The largest absolute Gasteiger partial charge is 0.388 e. The number of nitrogens with one attached hydrogen (secondary N) is 2. The van der Waals surface area contributed by atoms with Crippen LogP contribution in [0.1, 0.15) is 30.1 Å². The molecule has 17 heavy (non-hydrogen) atoms. The zero-order chi connectivity index (χ0) is 12.0. The molecule has 0 unspecified atom stereocenters. The lowest BCUT2D eigenvalue weighted by molar-refractivity contribution is -0.125. The number of benzene rings is 1. The molecule has 0 bridgehead atoms. The highest BCUT2D eigenvalue weighted by molar-refractivity contribution is 6.07. The summed E-state index contributed by atoms with van der Waals surface area (Å²) in [6.07, 6.45) is 0.315. The second-order valence-electron chi connectivity index (χ2n) is 4.46. The van der Waals surface area contributed by atoms with Crippen molar-refractivity contribution in [2.24, 2.45) is 0 Å². The number of urea groups is 1. The molecular formula is C12H12N2O3. The summed E-state index contributed by atoms with van der Waals surface area (Å²) >= 11 is 0. The van der Waals surface area contributed by atoms with Crippen molar-refractivity contribution in [1.29, 1.82) is 0 Å². The first-order valence-corrected chi connectivity index (χ1v) is 5.54. The Labute approximate surface area is 97.8 Å². The van der Waals surface area contributed by atoms with E-state index in [-0.39, 0.29) is 5.91 Å². The number of fused-ring (bicyclic) bond motifs is 2. The highest BCUT2D eigenvalue weighted by atomic mass is 16.3. The van der Waals surface area contributed by atoms with Crippen molar-refractivity contribution in [2.75, 3.05) is 0 Å². The van der Waals surface area contributed by atoms with Crippen LogP contribution < -0.4 is 10.6 Å². The van der Waals surface area contributed by atoms with Gasteiger partial charge in [-0.15, -0.1) is 0 Å². The molecule has 0 radical (unpaired) electrons. The molecule has 0 aromatic heterocycles. The summed E-state index contributed by atoms with van der Waals surface area (Å²) in [5.74, 6) is -0.332. The molecule has 1 aromatic rings. The molecular weight excluding hydrogens is 220 g/mol. The monoisotopic (exact) mass is 232 g/mol. The van der Waals surface area contributed by atoms with Gasteiger partial charge in [0.1, 0.15) is 5.54 Å². The average molecular weight is 232 g/mol. The van der Waals surface area contributed by atoms with Gasteiger partial charge in [-0.3, -0.25) is 10.1 Å². The van der Waals surface area contributed by atoms with Crippen molar-refractivity contribution in [3.63, 3.8) is 0 Å². The Hall–Kier alpha value is -1.88. The Morgan fingerprint density at radius 3 is 2.76 bits per heavy atom. The summed E-state index contributed by atoms with van der Waals surface area (Å²) in [4.78, 5) is 23.3. The number of amides is 3. The number of imide groups is 1. The van der Waals surface area contributed by atoms with Gasteiger partial charge in [-0.05, 0) is 24.0 Å². The Balaban J connectivity index is 2.18. The standard InChI is InChI=1S/C12H12N2O3/c15-9-5-6-12(10(16)13-11(17)14-12)8-4-2-1-3-7(8)9/h1-4,9,15H,5-6H2,(H2,13,14,16,17)/t9-,12-/m1/s1. The Morgan fingerprint density at radius 1 is 1.29 bits per heavy atom. The molecule has 1 heterocycles. The second-order valence-corrected chi connectivity index (χ2v) is 4.46. The Kier molecular flexibility index (Phi) is 2.00. The molecule has 88 valence electrons. The summed E-state index contributed by atoms with van der Waals surface area (Å²) in [5.41, 5.74) is 0.422. The van der Waals surface area contributed by atoms with Crippen LogP contribution in [0.2, 0.25) is 0 Å². The van der Waals surface area contributed by atoms with Crippen LogP contribution in [0.25, 0.3) is 0 Å². The molecule has 1 fully saturated rings. The lowest BCUT2D eigenvalue weighted by Crippen LogP contribution is -2.46. The van der Waals surface area contributed by atoms with E-state index >= 15 is 0 Å². The minimum Gasteiger partial charge on any atom is -0.388 e. The molecule has 5 nitrogen and oxygen atoms in total. The second kappa shape index (κ2) is 3.30. The van der Waals surface area contributed by atoms with Gasteiger partial charge in [0.25, 0.3) is 5.91 Å². The fraction of sp³-hybridized carbons (Fsp3) is 0.333. The van der Waals surface area contributed by atoms with E-state index in [2.05, 4.69) is 10.6 Å². The first-order valence-electron chi connectivity index (χ1n) is 5.54. The SMILES string of the molecule is O=C1NC(=O)[C@]2(CC[C@@H](O)c3ccccc32)N1. The number of hydrogen-bond acceptors (Lipinski definition) is 3. The Morgan fingerprint density at radius 2 is 2.06 bits per heavy atom. The fourth-order valence-corrected chi connectivity index (χ4v) is 2.68. The van der Waals surface area contributed by atoms with E-state index in [1.807, 2.05) is 6.07 Å². The van der Waals surface area contributed by atoms with Gasteiger partial charge >= 0.3 is 6.03 Å². The van der Waals surface area contributed by atoms with Gasteiger partial charge in [0, 0.05) is 0 Å². The van der Waals surface area contributed by atoms with Crippen LogP contribution in [0.15, 0.2) is 24.3 Å². The van der Waals surface area contributed by atoms with Crippen molar-refractivity contribution < 1.29 is 14.7 Å². The van der Waals surface area contributed by atoms with E-state index in [0.717, 1.165) is 5.56 Å². The molecule has 3 N–H and O–H groups in total. The van der Waals surface area contributed by atoms with Crippen molar-refractivity contribution in [3.05, 3.63) is 35.4 Å². The lowest BCUT2D eigenvalue weighted by Gasteiger charge is -2.35. The quantitative estimate of drug-likeness (QED) is 0.571. The fourth-order valence-electron chi connectivity index (χ4n) is 2.68. The molecule has 0 saturated carbocycles. The molecule has 2 atom stereocenters. The number of rotatable bonds is 0. The molecule has 2 aliphatic rings. The van der Waals surface area contributed by atoms with Crippen molar-refractivity contribution in [1.82, 2.24) is 10.6 Å². The molecule has 1 aliphatic heterocycles. The molecule has 1 spiro atoms. The predicted octanol–water partition coefficient (Wildman–Crippen LogP) is 0.549. The van der Waals surface area contributed by atoms with Crippen LogP contribution >= 0.6 is 0 Å².